The predicted octanol–water partition coefficient (Wildman–Crippen LogP) is -0.270. The van der Waals surface area contributed by atoms with E-state index in [0.29, 0.717) is 30.0 Å². The maximum atomic E-state index is 11.4. The van der Waals surface area contributed by atoms with Crippen LogP contribution in [0.1, 0.15) is 0 Å². The SMILES string of the molecule is O=c1[nH]cnc(N2CCOCC2CO)c1Br. The molecular weight excluding hydrogens is 278 g/mol. The van der Waals surface area contributed by atoms with Gasteiger partial charge in [-0.25, -0.2) is 4.98 Å². The van der Waals surface area contributed by atoms with Crippen LogP contribution in [0, 0.1) is 0 Å². The van der Waals surface area contributed by atoms with E-state index in [4.69, 9.17) is 4.74 Å². The van der Waals surface area contributed by atoms with E-state index in [0.717, 1.165) is 0 Å². The number of aromatic nitrogens is 2. The van der Waals surface area contributed by atoms with Crippen molar-refractivity contribution in [2.24, 2.45) is 0 Å². The highest BCUT2D eigenvalue weighted by Gasteiger charge is 2.25. The minimum atomic E-state index is -0.229. The zero-order valence-corrected chi connectivity index (χ0v) is 10.1. The average molecular weight is 290 g/mol. The lowest BCUT2D eigenvalue weighted by Gasteiger charge is -2.35. The van der Waals surface area contributed by atoms with Crippen LogP contribution in [0.3, 0.4) is 0 Å². The van der Waals surface area contributed by atoms with Crippen molar-refractivity contribution in [1.29, 1.82) is 0 Å². The summed E-state index contributed by atoms with van der Waals surface area (Å²) in [6.07, 6.45) is 1.35. The molecule has 0 aromatic carbocycles. The number of aromatic amines is 1. The second kappa shape index (κ2) is 4.94. The molecule has 1 atom stereocenters. The molecule has 1 aliphatic heterocycles. The van der Waals surface area contributed by atoms with Gasteiger partial charge >= 0.3 is 0 Å². The van der Waals surface area contributed by atoms with Crippen molar-refractivity contribution >= 4 is 21.7 Å². The zero-order valence-electron chi connectivity index (χ0n) is 8.52. The number of hydrogen-bond donors (Lipinski definition) is 2. The number of rotatable bonds is 2. The summed E-state index contributed by atoms with van der Waals surface area (Å²) in [5.41, 5.74) is -0.229. The van der Waals surface area contributed by atoms with Crippen LogP contribution in [0.25, 0.3) is 0 Å². The van der Waals surface area contributed by atoms with Gasteiger partial charge in [0.1, 0.15) is 4.47 Å². The number of nitrogens with zero attached hydrogens (tertiary/aromatic N) is 2. The molecule has 2 N–H and O–H groups in total. The van der Waals surface area contributed by atoms with Gasteiger partial charge in [-0.3, -0.25) is 4.79 Å². The lowest BCUT2D eigenvalue weighted by atomic mass is 10.2. The van der Waals surface area contributed by atoms with Gasteiger partial charge in [0, 0.05) is 6.54 Å². The molecule has 1 aromatic rings. The Morgan fingerprint density at radius 2 is 2.56 bits per heavy atom. The van der Waals surface area contributed by atoms with Crippen molar-refractivity contribution in [2.45, 2.75) is 6.04 Å². The minimum absolute atomic E-state index is 0.0269. The van der Waals surface area contributed by atoms with Crippen LogP contribution in [0.15, 0.2) is 15.6 Å². The van der Waals surface area contributed by atoms with E-state index in [2.05, 4.69) is 25.9 Å². The molecule has 0 radical (unpaired) electrons. The van der Waals surface area contributed by atoms with E-state index in [1.54, 1.807) is 0 Å². The molecule has 7 heteroatoms. The van der Waals surface area contributed by atoms with Gasteiger partial charge in [0.05, 0.1) is 32.2 Å². The molecule has 0 spiro atoms. The van der Waals surface area contributed by atoms with Gasteiger partial charge < -0.3 is 19.7 Å². The normalized spacial score (nSPS) is 21.1. The second-order valence-corrected chi connectivity index (χ2v) is 4.27. The van der Waals surface area contributed by atoms with Crippen LogP contribution in [0.4, 0.5) is 5.82 Å². The number of ether oxygens (including phenoxy) is 1. The maximum absolute atomic E-state index is 11.4. The van der Waals surface area contributed by atoms with E-state index in [1.165, 1.54) is 6.33 Å². The predicted molar refractivity (Wildman–Crippen MR) is 61.6 cm³/mol. The number of morpholine rings is 1. The summed E-state index contributed by atoms with van der Waals surface area (Å²) in [5, 5.41) is 9.23. The summed E-state index contributed by atoms with van der Waals surface area (Å²) in [6, 6.07) is -0.153. The summed E-state index contributed by atoms with van der Waals surface area (Å²) in [4.78, 5) is 19.9. The smallest absolute Gasteiger partial charge is 0.267 e. The van der Waals surface area contributed by atoms with Crippen LogP contribution >= 0.6 is 15.9 Å². The quantitative estimate of drug-likeness (QED) is 0.784. The third kappa shape index (κ3) is 2.11. The third-order valence-electron chi connectivity index (χ3n) is 2.49. The lowest BCUT2D eigenvalue weighted by molar-refractivity contribution is 0.0722. The maximum Gasteiger partial charge on any atom is 0.267 e. The Morgan fingerprint density at radius 3 is 3.31 bits per heavy atom. The average Bonchev–Trinajstić information content (AvgIpc) is 2.33. The fraction of sp³-hybridized carbons (Fsp3) is 0.556. The van der Waals surface area contributed by atoms with E-state index in [-0.39, 0.29) is 18.2 Å². The van der Waals surface area contributed by atoms with Crippen LogP contribution in [0.2, 0.25) is 0 Å². The first-order valence-electron chi connectivity index (χ1n) is 4.92. The molecule has 1 saturated heterocycles. The van der Waals surface area contributed by atoms with Gasteiger partial charge in [0.2, 0.25) is 0 Å². The highest BCUT2D eigenvalue weighted by molar-refractivity contribution is 9.10. The van der Waals surface area contributed by atoms with Crippen molar-refractivity contribution in [3.05, 3.63) is 21.2 Å². The van der Waals surface area contributed by atoms with Crippen molar-refractivity contribution < 1.29 is 9.84 Å². The van der Waals surface area contributed by atoms with Gasteiger partial charge in [-0.05, 0) is 15.9 Å². The van der Waals surface area contributed by atoms with E-state index >= 15 is 0 Å². The van der Waals surface area contributed by atoms with E-state index in [1.807, 2.05) is 4.90 Å². The Labute approximate surface area is 100 Å². The Bertz CT molecular complexity index is 423. The van der Waals surface area contributed by atoms with Gasteiger partial charge in [0.15, 0.2) is 5.82 Å². The third-order valence-corrected chi connectivity index (χ3v) is 3.20. The number of nitrogens with one attached hydrogen (secondary N) is 1. The fourth-order valence-corrected chi connectivity index (χ4v) is 2.10. The first kappa shape index (κ1) is 11.6. The first-order valence-corrected chi connectivity index (χ1v) is 5.71. The van der Waals surface area contributed by atoms with Gasteiger partial charge in [-0.1, -0.05) is 0 Å². The highest BCUT2D eigenvalue weighted by atomic mass is 79.9. The molecule has 1 aromatic heterocycles. The molecule has 0 bridgehead atoms. The summed E-state index contributed by atoms with van der Waals surface area (Å²) in [6.45, 7) is 1.59. The Kier molecular flexibility index (Phi) is 3.57. The van der Waals surface area contributed by atoms with Crippen molar-refractivity contribution in [2.75, 3.05) is 31.3 Å². The molecule has 1 aliphatic rings. The Morgan fingerprint density at radius 1 is 1.75 bits per heavy atom. The molecule has 0 amide bonds. The molecule has 88 valence electrons. The summed E-state index contributed by atoms with van der Waals surface area (Å²) < 4.78 is 5.65. The summed E-state index contributed by atoms with van der Waals surface area (Å²) in [7, 11) is 0. The topological polar surface area (TPSA) is 78.5 Å². The molecular formula is C9H12BrN3O3. The monoisotopic (exact) mass is 289 g/mol. The molecule has 16 heavy (non-hydrogen) atoms. The number of H-pyrrole nitrogens is 1. The Hall–Kier alpha value is -0.920. The van der Waals surface area contributed by atoms with Crippen molar-refractivity contribution in [3.8, 4) is 0 Å². The molecule has 1 fully saturated rings. The zero-order chi connectivity index (χ0) is 11.5. The van der Waals surface area contributed by atoms with Gasteiger partial charge in [0.25, 0.3) is 5.56 Å². The number of aliphatic hydroxyl groups excluding tert-OH is 1. The van der Waals surface area contributed by atoms with Crippen molar-refractivity contribution in [3.63, 3.8) is 0 Å². The molecule has 6 nitrogen and oxygen atoms in total. The molecule has 1 unspecified atom stereocenters. The van der Waals surface area contributed by atoms with Gasteiger partial charge in [-0.15, -0.1) is 0 Å². The van der Waals surface area contributed by atoms with E-state index < -0.39 is 0 Å². The summed E-state index contributed by atoms with van der Waals surface area (Å²) >= 11 is 3.20. The van der Waals surface area contributed by atoms with E-state index in [9.17, 15) is 9.90 Å². The second-order valence-electron chi connectivity index (χ2n) is 3.47. The number of halogens is 1. The standard InChI is InChI=1S/C9H12BrN3O3/c10-7-8(11-5-12-9(7)15)13-1-2-16-4-6(13)3-14/h5-6,14H,1-4H2,(H,11,12,15). The minimum Gasteiger partial charge on any atom is -0.394 e. The van der Waals surface area contributed by atoms with Crippen molar-refractivity contribution in [1.82, 2.24) is 9.97 Å². The summed E-state index contributed by atoms with van der Waals surface area (Å²) in [5.74, 6) is 0.547. The largest absolute Gasteiger partial charge is 0.394 e. The van der Waals surface area contributed by atoms with Crippen LogP contribution < -0.4 is 10.5 Å². The first-order chi connectivity index (χ1) is 7.74. The number of hydrogen-bond acceptors (Lipinski definition) is 5. The molecule has 0 aliphatic carbocycles. The Balaban J connectivity index is 2.34. The molecule has 0 saturated carbocycles. The van der Waals surface area contributed by atoms with Crippen LogP contribution in [-0.4, -0.2) is 47.5 Å². The highest BCUT2D eigenvalue weighted by Crippen LogP contribution is 2.22. The number of aliphatic hydroxyl groups is 1. The van der Waals surface area contributed by atoms with Crippen LogP contribution in [-0.2, 0) is 4.74 Å². The lowest BCUT2D eigenvalue weighted by Crippen LogP contribution is -2.48. The van der Waals surface area contributed by atoms with Gasteiger partial charge in [-0.2, -0.15) is 0 Å². The molecule has 2 rings (SSSR count). The fourth-order valence-electron chi connectivity index (χ4n) is 1.66. The number of anilines is 1. The van der Waals surface area contributed by atoms with Crippen LogP contribution in [0.5, 0.6) is 0 Å². The molecule has 2 heterocycles.